The highest BCUT2D eigenvalue weighted by atomic mass is 35.5. The Morgan fingerprint density at radius 2 is 1.88 bits per heavy atom. The van der Waals surface area contributed by atoms with Gasteiger partial charge in [-0.05, 0) is 24.1 Å². The van der Waals surface area contributed by atoms with Crippen molar-refractivity contribution in [1.29, 1.82) is 0 Å². The molecule has 0 aliphatic heterocycles. The van der Waals surface area contributed by atoms with Gasteiger partial charge in [0, 0.05) is 27.1 Å². The highest BCUT2D eigenvalue weighted by Gasteiger charge is 2.22. The first-order chi connectivity index (χ1) is 8.07. The maximum atomic E-state index is 9.90. The molecule has 17 heavy (non-hydrogen) atoms. The predicted molar refractivity (Wildman–Crippen MR) is 66.1 cm³/mol. The lowest BCUT2D eigenvalue weighted by Gasteiger charge is -2.19. The van der Waals surface area contributed by atoms with Crippen LogP contribution in [0.3, 0.4) is 0 Å². The van der Waals surface area contributed by atoms with E-state index in [2.05, 4.69) is 10.0 Å². The summed E-state index contributed by atoms with van der Waals surface area (Å²) in [5.74, 6) is 0. The zero-order chi connectivity index (χ0) is 12.8. The van der Waals surface area contributed by atoms with E-state index in [-0.39, 0.29) is 28.6 Å². The smallest absolute Gasteiger partial charge is 0.108 e. The molecule has 1 aromatic carbocycles. The lowest BCUT2D eigenvalue weighted by Crippen LogP contribution is -2.19. The number of aliphatic hydroxyl groups excluding tert-OH is 2. The van der Waals surface area contributed by atoms with Gasteiger partial charge in [0.15, 0.2) is 0 Å². The molecule has 0 saturated carbocycles. The Labute approximate surface area is 108 Å². The lowest BCUT2D eigenvalue weighted by atomic mass is 10.0. The highest BCUT2D eigenvalue weighted by molar-refractivity contribution is 6.36. The molecular weight excluding hydrogens is 265 g/mol. The van der Waals surface area contributed by atoms with E-state index in [1.807, 2.05) is 0 Å². The Morgan fingerprint density at radius 1 is 1.29 bits per heavy atom. The van der Waals surface area contributed by atoms with Crippen LogP contribution in [0.2, 0.25) is 10.0 Å². The molecule has 92 valence electrons. The minimum atomic E-state index is -1.20. The largest absolute Gasteiger partial charge is 0.390 e. The summed E-state index contributed by atoms with van der Waals surface area (Å²) >= 11 is 11.8. The first-order valence-electron chi connectivity index (χ1n) is 4.88. The third-order valence-corrected chi connectivity index (χ3v) is 2.91. The summed E-state index contributed by atoms with van der Waals surface area (Å²) in [7, 11) is 0. The highest BCUT2D eigenvalue weighted by Crippen LogP contribution is 2.32. The molecule has 2 atom stereocenters. The van der Waals surface area contributed by atoms with E-state index in [4.69, 9.17) is 28.7 Å². The molecule has 2 N–H and O–H groups in total. The summed E-state index contributed by atoms with van der Waals surface area (Å²) < 4.78 is 0. The van der Waals surface area contributed by atoms with Gasteiger partial charge >= 0.3 is 0 Å². The van der Waals surface area contributed by atoms with E-state index in [0.717, 1.165) is 0 Å². The summed E-state index contributed by atoms with van der Waals surface area (Å²) in [5, 5.41) is 23.4. The van der Waals surface area contributed by atoms with Crippen molar-refractivity contribution in [2.45, 2.75) is 18.6 Å². The van der Waals surface area contributed by atoms with E-state index >= 15 is 0 Å². The van der Waals surface area contributed by atoms with Crippen molar-refractivity contribution < 1.29 is 10.2 Å². The molecule has 0 saturated heterocycles. The van der Waals surface area contributed by atoms with Crippen molar-refractivity contribution in [3.8, 4) is 0 Å². The summed E-state index contributed by atoms with van der Waals surface area (Å²) in [6, 6.07) is 4.80. The maximum Gasteiger partial charge on any atom is 0.108 e. The van der Waals surface area contributed by atoms with Crippen LogP contribution < -0.4 is 0 Å². The second-order valence-electron chi connectivity index (χ2n) is 3.39. The first kappa shape index (κ1) is 14.1. The summed E-state index contributed by atoms with van der Waals surface area (Å²) in [5.41, 5.74) is 8.38. The zero-order valence-electron chi connectivity index (χ0n) is 8.79. The van der Waals surface area contributed by atoms with Crippen LogP contribution >= 0.6 is 23.2 Å². The fraction of sp³-hybridized carbons (Fsp3) is 0.400. The number of benzene rings is 1. The van der Waals surface area contributed by atoms with Crippen LogP contribution in [0.5, 0.6) is 0 Å². The topological polar surface area (TPSA) is 89.2 Å². The minimum absolute atomic E-state index is 0.0940. The lowest BCUT2D eigenvalue weighted by molar-refractivity contribution is 0.0151. The molecule has 0 fully saturated rings. The SMILES string of the molecule is [N-]=[N+]=NCCC(O)C(O)c1c(Cl)cccc1Cl. The summed E-state index contributed by atoms with van der Waals surface area (Å²) in [6.45, 7) is 0.0940. The van der Waals surface area contributed by atoms with Gasteiger partial charge in [0.1, 0.15) is 6.10 Å². The Kier molecular flexibility index (Phi) is 5.55. The van der Waals surface area contributed by atoms with Crippen LogP contribution in [0.15, 0.2) is 23.3 Å². The molecule has 0 spiro atoms. The van der Waals surface area contributed by atoms with Crippen molar-refractivity contribution in [2.75, 3.05) is 6.54 Å². The Balaban J connectivity index is 2.81. The molecule has 0 aromatic heterocycles. The monoisotopic (exact) mass is 275 g/mol. The van der Waals surface area contributed by atoms with Crippen molar-refractivity contribution in [3.63, 3.8) is 0 Å². The van der Waals surface area contributed by atoms with E-state index in [1.54, 1.807) is 18.2 Å². The van der Waals surface area contributed by atoms with Crippen molar-refractivity contribution >= 4 is 23.2 Å². The molecule has 0 aliphatic carbocycles. The average Bonchev–Trinajstić information content (AvgIpc) is 2.28. The standard InChI is InChI=1S/C10H11Cl2N3O2/c11-6-2-1-3-7(12)9(6)10(17)8(16)4-5-14-15-13/h1-3,8,10,16-17H,4-5H2. The Bertz CT molecular complexity index is 415. The van der Waals surface area contributed by atoms with E-state index in [9.17, 15) is 10.2 Å². The van der Waals surface area contributed by atoms with Gasteiger partial charge in [0.05, 0.1) is 6.10 Å². The third-order valence-electron chi connectivity index (χ3n) is 2.25. The number of nitrogens with zero attached hydrogens (tertiary/aromatic N) is 3. The molecule has 0 aliphatic rings. The van der Waals surface area contributed by atoms with Crippen molar-refractivity contribution in [3.05, 3.63) is 44.3 Å². The van der Waals surface area contributed by atoms with Gasteiger partial charge in [-0.25, -0.2) is 0 Å². The van der Waals surface area contributed by atoms with Gasteiger partial charge in [-0.1, -0.05) is 34.4 Å². The molecule has 2 unspecified atom stereocenters. The van der Waals surface area contributed by atoms with E-state index in [0.29, 0.717) is 0 Å². The molecule has 0 bridgehead atoms. The minimum Gasteiger partial charge on any atom is -0.390 e. The zero-order valence-corrected chi connectivity index (χ0v) is 10.3. The fourth-order valence-electron chi connectivity index (χ4n) is 1.38. The number of hydrogen-bond acceptors (Lipinski definition) is 3. The van der Waals surface area contributed by atoms with Gasteiger partial charge in [0.2, 0.25) is 0 Å². The number of halogens is 2. The number of aliphatic hydroxyl groups is 2. The van der Waals surface area contributed by atoms with Crippen LogP contribution in [0.1, 0.15) is 18.1 Å². The normalized spacial score (nSPS) is 13.9. The van der Waals surface area contributed by atoms with Crippen LogP contribution in [0.4, 0.5) is 0 Å². The molecule has 0 heterocycles. The Morgan fingerprint density at radius 3 is 2.41 bits per heavy atom. The number of azide groups is 1. The fourth-order valence-corrected chi connectivity index (χ4v) is 2.00. The third kappa shape index (κ3) is 3.77. The van der Waals surface area contributed by atoms with Crippen molar-refractivity contribution in [1.82, 2.24) is 0 Å². The molecular formula is C10H11Cl2N3O2. The van der Waals surface area contributed by atoms with Crippen LogP contribution in [0, 0.1) is 0 Å². The molecule has 0 radical (unpaired) electrons. The first-order valence-corrected chi connectivity index (χ1v) is 5.64. The van der Waals surface area contributed by atoms with Crippen LogP contribution in [-0.4, -0.2) is 22.9 Å². The van der Waals surface area contributed by atoms with E-state index < -0.39 is 12.2 Å². The van der Waals surface area contributed by atoms with Crippen LogP contribution in [-0.2, 0) is 0 Å². The second kappa shape index (κ2) is 6.69. The molecule has 1 rings (SSSR count). The van der Waals surface area contributed by atoms with Gasteiger partial charge in [-0.2, -0.15) is 0 Å². The van der Waals surface area contributed by atoms with Gasteiger partial charge in [-0.3, -0.25) is 0 Å². The molecule has 0 amide bonds. The second-order valence-corrected chi connectivity index (χ2v) is 4.21. The Hall–Kier alpha value is -0.970. The maximum absolute atomic E-state index is 9.90. The van der Waals surface area contributed by atoms with Gasteiger partial charge in [-0.15, -0.1) is 0 Å². The summed E-state index contributed by atoms with van der Waals surface area (Å²) in [4.78, 5) is 2.55. The van der Waals surface area contributed by atoms with Gasteiger partial charge < -0.3 is 10.2 Å². The molecule has 7 heteroatoms. The number of rotatable bonds is 5. The quantitative estimate of drug-likeness (QED) is 0.491. The van der Waals surface area contributed by atoms with Gasteiger partial charge in [0.25, 0.3) is 0 Å². The predicted octanol–water partition coefficient (Wildman–Crippen LogP) is 3.09. The molecule has 1 aromatic rings. The number of hydrogen-bond donors (Lipinski definition) is 2. The summed E-state index contributed by atoms with van der Waals surface area (Å²) in [6.07, 6.45) is -2.16. The molecule has 5 nitrogen and oxygen atoms in total. The van der Waals surface area contributed by atoms with Crippen LogP contribution in [0.25, 0.3) is 10.4 Å². The van der Waals surface area contributed by atoms with E-state index in [1.165, 1.54) is 0 Å². The van der Waals surface area contributed by atoms with Crippen molar-refractivity contribution in [2.24, 2.45) is 5.11 Å². The average molecular weight is 276 g/mol.